The molecule has 2 aromatic rings. The van der Waals surface area contributed by atoms with E-state index in [1.165, 1.54) is 24.3 Å². The Bertz CT molecular complexity index is 631. The van der Waals surface area contributed by atoms with Gasteiger partial charge in [-0.05, 0) is 42.5 Å². The number of rotatable bonds is 2. The number of thiocarbonyl (C=S) groups is 1. The van der Waals surface area contributed by atoms with Crippen LogP contribution in [0.5, 0.6) is 0 Å². The van der Waals surface area contributed by atoms with Crippen molar-refractivity contribution in [2.24, 2.45) is 0 Å². The summed E-state index contributed by atoms with van der Waals surface area (Å²) in [6.07, 6.45) is 0. The number of para-hydroxylation sites is 1. The van der Waals surface area contributed by atoms with Crippen molar-refractivity contribution in [3.05, 3.63) is 66.0 Å². The Morgan fingerprint density at radius 1 is 1.15 bits per heavy atom. The summed E-state index contributed by atoms with van der Waals surface area (Å²) < 4.78 is 13.1. The Morgan fingerprint density at radius 3 is 2.50 bits per heavy atom. The highest BCUT2D eigenvalue weighted by molar-refractivity contribution is 7.80. The minimum absolute atomic E-state index is 0.230. The van der Waals surface area contributed by atoms with E-state index in [0.717, 1.165) is 5.69 Å². The lowest BCUT2D eigenvalue weighted by molar-refractivity contribution is 0.0977. The van der Waals surface area contributed by atoms with Gasteiger partial charge in [0.15, 0.2) is 5.11 Å². The van der Waals surface area contributed by atoms with Crippen LogP contribution in [0.1, 0.15) is 10.4 Å². The number of carbonyl (C=O) groups excluding carboxylic acids is 1. The number of carbonyl (C=O) groups is 1. The standard InChI is InChI=1S/C15H13FN2OS/c1-18(13-8-3-2-4-9-13)15(20)17-14(19)11-6-5-7-12(16)10-11/h2-10H,1H3,(H,17,19,20). The van der Waals surface area contributed by atoms with E-state index in [9.17, 15) is 9.18 Å². The second-order valence-corrected chi connectivity index (χ2v) is 4.55. The third-order valence-corrected chi connectivity index (χ3v) is 3.13. The summed E-state index contributed by atoms with van der Waals surface area (Å²) in [6.45, 7) is 0. The zero-order valence-electron chi connectivity index (χ0n) is 10.8. The van der Waals surface area contributed by atoms with Gasteiger partial charge >= 0.3 is 0 Å². The van der Waals surface area contributed by atoms with Gasteiger partial charge in [-0.25, -0.2) is 4.39 Å². The normalized spacial score (nSPS) is 9.90. The topological polar surface area (TPSA) is 32.3 Å². The lowest BCUT2D eigenvalue weighted by atomic mass is 10.2. The number of amides is 1. The first-order valence-electron chi connectivity index (χ1n) is 5.97. The molecule has 1 amide bonds. The van der Waals surface area contributed by atoms with Crippen molar-refractivity contribution in [2.75, 3.05) is 11.9 Å². The van der Waals surface area contributed by atoms with Crippen LogP contribution in [0.15, 0.2) is 54.6 Å². The molecule has 0 aliphatic carbocycles. The Labute approximate surface area is 122 Å². The second-order valence-electron chi connectivity index (χ2n) is 4.16. The van der Waals surface area contributed by atoms with E-state index in [4.69, 9.17) is 12.2 Å². The average molecular weight is 288 g/mol. The van der Waals surface area contributed by atoms with Gasteiger partial charge in [-0.2, -0.15) is 0 Å². The Morgan fingerprint density at radius 2 is 1.85 bits per heavy atom. The van der Waals surface area contributed by atoms with E-state index >= 15 is 0 Å². The molecule has 0 bridgehead atoms. The van der Waals surface area contributed by atoms with Gasteiger partial charge in [0, 0.05) is 18.3 Å². The first-order valence-corrected chi connectivity index (χ1v) is 6.38. The minimum atomic E-state index is -0.458. The molecule has 0 atom stereocenters. The van der Waals surface area contributed by atoms with Crippen LogP contribution in [-0.2, 0) is 0 Å². The largest absolute Gasteiger partial charge is 0.322 e. The molecule has 0 aromatic heterocycles. The van der Waals surface area contributed by atoms with Crippen LogP contribution in [0.3, 0.4) is 0 Å². The van der Waals surface area contributed by atoms with Gasteiger partial charge in [-0.1, -0.05) is 24.3 Å². The first-order chi connectivity index (χ1) is 9.58. The van der Waals surface area contributed by atoms with Crippen LogP contribution >= 0.6 is 12.2 Å². The summed E-state index contributed by atoms with van der Waals surface area (Å²) in [7, 11) is 1.75. The summed E-state index contributed by atoms with van der Waals surface area (Å²) >= 11 is 5.17. The van der Waals surface area contributed by atoms with Crippen LogP contribution in [0.4, 0.5) is 10.1 Å². The maximum atomic E-state index is 13.1. The van der Waals surface area contributed by atoms with Crippen LogP contribution in [0, 0.1) is 5.82 Å². The number of anilines is 1. The van der Waals surface area contributed by atoms with E-state index in [2.05, 4.69) is 5.32 Å². The monoisotopic (exact) mass is 288 g/mol. The molecule has 2 aromatic carbocycles. The molecular weight excluding hydrogens is 275 g/mol. The number of nitrogens with one attached hydrogen (secondary N) is 1. The molecule has 0 radical (unpaired) electrons. The molecule has 20 heavy (non-hydrogen) atoms. The number of hydrogen-bond acceptors (Lipinski definition) is 2. The fourth-order valence-corrected chi connectivity index (χ4v) is 1.85. The Hall–Kier alpha value is -2.27. The molecule has 0 saturated heterocycles. The maximum Gasteiger partial charge on any atom is 0.257 e. The molecule has 0 heterocycles. The summed E-state index contributed by atoms with van der Waals surface area (Å²) in [5.74, 6) is -0.891. The van der Waals surface area contributed by atoms with Crippen LogP contribution in [-0.4, -0.2) is 18.1 Å². The Kier molecular flexibility index (Phi) is 4.42. The summed E-state index contributed by atoms with van der Waals surface area (Å²) in [6, 6.07) is 14.9. The van der Waals surface area contributed by atoms with Gasteiger partial charge in [0.1, 0.15) is 5.82 Å². The van der Waals surface area contributed by atoms with Crippen molar-refractivity contribution >= 4 is 28.9 Å². The van der Waals surface area contributed by atoms with Crippen molar-refractivity contribution in [1.82, 2.24) is 5.32 Å². The SMILES string of the molecule is CN(C(=S)NC(=O)c1cccc(F)c1)c1ccccc1. The van der Waals surface area contributed by atoms with Gasteiger partial charge in [0.05, 0.1) is 0 Å². The number of benzene rings is 2. The molecule has 0 saturated carbocycles. The molecule has 102 valence electrons. The van der Waals surface area contributed by atoms with E-state index in [1.807, 2.05) is 30.3 Å². The van der Waals surface area contributed by atoms with Crippen molar-refractivity contribution in [1.29, 1.82) is 0 Å². The molecule has 0 fully saturated rings. The minimum Gasteiger partial charge on any atom is -0.322 e. The molecule has 2 rings (SSSR count). The van der Waals surface area contributed by atoms with Crippen LogP contribution in [0.2, 0.25) is 0 Å². The summed E-state index contributed by atoms with van der Waals surface area (Å²) in [4.78, 5) is 13.6. The van der Waals surface area contributed by atoms with Crippen molar-refractivity contribution in [3.8, 4) is 0 Å². The lowest BCUT2D eigenvalue weighted by Gasteiger charge is -2.20. The van der Waals surface area contributed by atoms with Gasteiger partial charge < -0.3 is 4.90 Å². The molecular formula is C15H13FN2OS. The predicted molar refractivity (Wildman–Crippen MR) is 81.3 cm³/mol. The highest BCUT2D eigenvalue weighted by Gasteiger charge is 2.12. The molecule has 0 aliphatic rings. The zero-order chi connectivity index (χ0) is 14.5. The number of halogens is 1. The number of hydrogen-bond donors (Lipinski definition) is 1. The summed E-state index contributed by atoms with van der Waals surface area (Å²) in [5.41, 5.74) is 1.09. The molecule has 1 N–H and O–H groups in total. The van der Waals surface area contributed by atoms with Crippen molar-refractivity contribution < 1.29 is 9.18 Å². The van der Waals surface area contributed by atoms with Gasteiger partial charge in [-0.15, -0.1) is 0 Å². The smallest absolute Gasteiger partial charge is 0.257 e. The van der Waals surface area contributed by atoms with E-state index in [0.29, 0.717) is 0 Å². The molecule has 0 aliphatic heterocycles. The number of nitrogens with zero attached hydrogens (tertiary/aromatic N) is 1. The lowest BCUT2D eigenvalue weighted by Crippen LogP contribution is -2.40. The maximum absolute atomic E-state index is 13.1. The third-order valence-electron chi connectivity index (χ3n) is 2.76. The quantitative estimate of drug-likeness (QED) is 0.862. The highest BCUT2D eigenvalue weighted by Crippen LogP contribution is 2.11. The van der Waals surface area contributed by atoms with Gasteiger partial charge in [0.25, 0.3) is 5.91 Å². The Balaban J connectivity index is 2.06. The van der Waals surface area contributed by atoms with E-state index in [-0.39, 0.29) is 10.7 Å². The third kappa shape index (κ3) is 3.39. The second kappa shape index (κ2) is 6.25. The van der Waals surface area contributed by atoms with Crippen LogP contribution in [0.25, 0.3) is 0 Å². The van der Waals surface area contributed by atoms with Crippen molar-refractivity contribution in [3.63, 3.8) is 0 Å². The molecule has 0 spiro atoms. The fourth-order valence-electron chi connectivity index (χ4n) is 1.65. The first kappa shape index (κ1) is 14.1. The van der Waals surface area contributed by atoms with E-state index in [1.54, 1.807) is 11.9 Å². The molecule has 0 unspecified atom stereocenters. The highest BCUT2D eigenvalue weighted by atomic mass is 32.1. The molecule has 3 nitrogen and oxygen atoms in total. The molecule has 5 heteroatoms. The summed E-state index contributed by atoms with van der Waals surface area (Å²) in [5, 5.41) is 2.83. The van der Waals surface area contributed by atoms with Gasteiger partial charge in [0.2, 0.25) is 0 Å². The zero-order valence-corrected chi connectivity index (χ0v) is 11.7. The van der Waals surface area contributed by atoms with E-state index < -0.39 is 11.7 Å². The predicted octanol–water partition coefficient (Wildman–Crippen LogP) is 2.98. The fraction of sp³-hybridized carbons (Fsp3) is 0.0667. The van der Waals surface area contributed by atoms with Gasteiger partial charge in [-0.3, -0.25) is 10.1 Å². The van der Waals surface area contributed by atoms with Crippen molar-refractivity contribution in [2.45, 2.75) is 0 Å². The average Bonchev–Trinajstić information content (AvgIpc) is 2.47. The van der Waals surface area contributed by atoms with Crippen LogP contribution < -0.4 is 10.2 Å².